The molecule has 0 fully saturated rings. The molecule has 2 atom stereocenters. The van der Waals surface area contributed by atoms with Crippen molar-refractivity contribution in [1.29, 1.82) is 5.26 Å². The number of amides is 2. The number of hydrogen-bond acceptors (Lipinski definition) is 6. The van der Waals surface area contributed by atoms with Crippen LogP contribution in [-0.2, 0) is 14.3 Å². The average molecular weight is 423 g/mol. The lowest BCUT2D eigenvalue weighted by atomic mass is 10.0. The van der Waals surface area contributed by atoms with Gasteiger partial charge in [0.15, 0.2) is 6.10 Å². The molecule has 31 heavy (non-hydrogen) atoms. The van der Waals surface area contributed by atoms with E-state index >= 15 is 0 Å². The molecule has 8 heteroatoms. The van der Waals surface area contributed by atoms with Gasteiger partial charge >= 0.3 is 5.97 Å². The van der Waals surface area contributed by atoms with Gasteiger partial charge in [-0.05, 0) is 61.4 Å². The first-order valence-electron chi connectivity index (χ1n) is 9.71. The summed E-state index contributed by atoms with van der Waals surface area (Å²) in [6, 6.07) is 13.8. The van der Waals surface area contributed by atoms with E-state index in [0.29, 0.717) is 22.6 Å². The molecule has 2 N–H and O–H groups in total. The molecule has 0 bridgehead atoms. The summed E-state index contributed by atoms with van der Waals surface area (Å²) in [6.45, 7) is 4.98. The van der Waals surface area contributed by atoms with Crippen molar-refractivity contribution in [2.75, 3.05) is 12.4 Å². The summed E-state index contributed by atoms with van der Waals surface area (Å²) >= 11 is 0. The molecule has 2 amide bonds. The van der Waals surface area contributed by atoms with Crippen LogP contribution < -0.4 is 15.4 Å². The zero-order chi connectivity index (χ0) is 23.0. The van der Waals surface area contributed by atoms with E-state index in [-0.39, 0.29) is 5.92 Å². The van der Waals surface area contributed by atoms with Crippen molar-refractivity contribution in [3.63, 3.8) is 0 Å². The minimum atomic E-state index is -1.08. The van der Waals surface area contributed by atoms with Crippen LogP contribution in [0.1, 0.15) is 36.7 Å². The van der Waals surface area contributed by atoms with Gasteiger partial charge in [0.1, 0.15) is 11.8 Å². The first kappa shape index (κ1) is 23.4. The molecule has 0 aliphatic heterocycles. The third kappa shape index (κ3) is 6.57. The SMILES string of the molecule is COc1ccc(C(=O)N[C@H](C(=O)O[C@H](C)C(=O)Nc2ccc(C#N)cc2)C(C)C)cc1. The Morgan fingerprint density at radius 2 is 1.58 bits per heavy atom. The highest BCUT2D eigenvalue weighted by Gasteiger charge is 2.29. The van der Waals surface area contributed by atoms with Crippen molar-refractivity contribution >= 4 is 23.5 Å². The lowest BCUT2D eigenvalue weighted by molar-refractivity contribution is -0.156. The number of methoxy groups -OCH3 is 1. The fraction of sp³-hybridized carbons (Fsp3) is 0.304. The Morgan fingerprint density at radius 1 is 0.968 bits per heavy atom. The second-order valence-electron chi connectivity index (χ2n) is 7.18. The average Bonchev–Trinajstić information content (AvgIpc) is 2.77. The van der Waals surface area contributed by atoms with Crippen molar-refractivity contribution in [2.24, 2.45) is 5.92 Å². The molecule has 0 heterocycles. The number of benzene rings is 2. The monoisotopic (exact) mass is 423 g/mol. The summed E-state index contributed by atoms with van der Waals surface area (Å²) in [7, 11) is 1.53. The number of carbonyl (C=O) groups excluding carboxylic acids is 3. The number of hydrogen-bond donors (Lipinski definition) is 2. The van der Waals surface area contributed by atoms with Crippen LogP contribution in [0.4, 0.5) is 5.69 Å². The molecule has 8 nitrogen and oxygen atoms in total. The van der Waals surface area contributed by atoms with Crippen molar-refractivity contribution in [3.8, 4) is 11.8 Å². The molecule has 0 aromatic heterocycles. The minimum Gasteiger partial charge on any atom is -0.497 e. The number of nitrogens with zero attached hydrogens (tertiary/aromatic N) is 1. The van der Waals surface area contributed by atoms with Gasteiger partial charge in [-0.1, -0.05) is 13.8 Å². The molecule has 2 aromatic rings. The van der Waals surface area contributed by atoms with Crippen LogP contribution in [0.15, 0.2) is 48.5 Å². The number of nitrogens with one attached hydrogen (secondary N) is 2. The van der Waals surface area contributed by atoms with E-state index in [1.165, 1.54) is 14.0 Å². The normalized spacial score (nSPS) is 12.3. The predicted octanol–water partition coefficient (Wildman–Crippen LogP) is 2.89. The highest BCUT2D eigenvalue weighted by Crippen LogP contribution is 2.14. The minimum absolute atomic E-state index is 0.261. The summed E-state index contributed by atoms with van der Waals surface area (Å²) in [5, 5.41) is 14.1. The second-order valence-corrected chi connectivity index (χ2v) is 7.18. The summed E-state index contributed by atoms with van der Waals surface area (Å²) in [4.78, 5) is 37.5. The van der Waals surface area contributed by atoms with Gasteiger partial charge in [-0.25, -0.2) is 4.79 Å². The van der Waals surface area contributed by atoms with Crippen LogP contribution in [0.5, 0.6) is 5.75 Å². The molecule has 0 aliphatic rings. The first-order valence-corrected chi connectivity index (χ1v) is 9.71. The number of nitriles is 1. The maximum absolute atomic E-state index is 12.6. The van der Waals surface area contributed by atoms with Crippen molar-refractivity contribution in [1.82, 2.24) is 5.32 Å². The molecule has 0 spiro atoms. The second kappa shape index (κ2) is 10.8. The van der Waals surface area contributed by atoms with E-state index in [2.05, 4.69) is 10.6 Å². The Balaban J connectivity index is 1.98. The smallest absolute Gasteiger partial charge is 0.329 e. The van der Waals surface area contributed by atoms with Crippen LogP contribution in [0.2, 0.25) is 0 Å². The van der Waals surface area contributed by atoms with Crippen molar-refractivity contribution in [3.05, 3.63) is 59.7 Å². The van der Waals surface area contributed by atoms with E-state index < -0.39 is 29.9 Å². The van der Waals surface area contributed by atoms with E-state index in [1.807, 2.05) is 6.07 Å². The zero-order valence-electron chi connectivity index (χ0n) is 17.8. The fourth-order valence-corrected chi connectivity index (χ4v) is 2.64. The molecule has 0 aliphatic carbocycles. The maximum atomic E-state index is 12.6. The molecule has 2 rings (SSSR count). The van der Waals surface area contributed by atoms with Crippen LogP contribution in [0.25, 0.3) is 0 Å². The number of rotatable bonds is 8. The lowest BCUT2D eigenvalue weighted by Gasteiger charge is -2.23. The summed E-state index contributed by atoms with van der Waals surface area (Å²) in [5.74, 6) is -1.32. The predicted molar refractivity (Wildman–Crippen MR) is 114 cm³/mol. The van der Waals surface area contributed by atoms with E-state index in [0.717, 1.165) is 0 Å². The third-order valence-corrected chi connectivity index (χ3v) is 4.50. The Morgan fingerprint density at radius 3 is 2.10 bits per heavy atom. The molecular formula is C23H25N3O5. The molecule has 162 valence electrons. The Labute approximate surface area is 181 Å². The molecule has 0 radical (unpaired) electrons. The van der Waals surface area contributed by atoms with Crippen molar-refractivity contribution in [2.45, 2.75) is 32.9 Å². The standard InChI is InChI=1S/C23H25N3O5/c1-14(2)20(26-22(28)17-7-11-19(30-4)12-8-17)23(29)31-15(3)21(27)25-18-9-5-16(13-24)6-10-18/h5-12,14-15,20H,1-4H3,(H,25,27)(H,26,28)/t15-,20+/m1/s1. The summed E-state index contributed by atoms with van der Waals surface area (Å²) in [5.41, 5.74) is 1.30. The Kier molecular flexibility index (Phi) is 8.15. The van der Waals surface area contributed by atoms with E-state index in [9.17, 15) is 14.4 Å². The quantitative estimate of drug-likeness (QED) is 0.631. The van der Waals surface area contributed by atoms with Gasteiger partial charge in [0.2, 0.25) is 0 Å². The molecular weight excluding hydrogens is 398 g/mol. The Bertz CT molecular complexity index is 962. The highest BCUT2D eigenvalue weighted by atomic mass is 16.5. The largest absolute Gasteiger partial charge is 0.497 e. The Hall–Kier alpha value is -3.86. The van der Waals surface area contributed by atoms with Crippen LogP contribution >= 0.6 is 0 Å². The van der Waals surface area contributed by atoms with E-state index in [4.69, 9.17) is 14.7 Å². The molecule has 2 aromatic carbocycles. The van der Waals surface area contributed by atoms with Gasteiger partial charge in [0.25, 0.3) is 11.8 Å². The number of esters is 1. The zero-order valence-corrected chi connectivity index (χ0v) is 17.8. The lowest BCUT2D eigenvalue weighted by Crippen LogP contribution is -2.47. The van der Waals surface area contributed by atoms with Gasteiger partial charge in [-0.15, -0.1) is 0 Å². The van der Waals surface area contributed by atoms with Crippen LogP contribution in [0.3, 0.4) is 0 Å². The van der Waals surface area contributed by atoms with Gasteiger partial charge < -0.3 is 20.1 Å². The van der Waals surface area contributed by atoms with Gasteiger partial charge in [0, 0.05) is 11.3 Å². The highest BCUT2D eigenvalue weighted by molar-refractivity contribution is 5.98. The van der Waals surface area contributed by atoms with Crippen molar-refractivity contribution < 1.29 is 23.9 Å². The van der Waals surface area contributed by atoms with Gasteiger partial charge in [-0.2, -0.15) is 5.26 Å². The maximum Gasteiger partial charge on any atom is 0.329 e. The number of ether oxygens (including phenoxy) is 2. The van der Waals surface area contributed by atoms with E-state index in [1.54, 1.807) is 62.4 Å². The molecule has 0 saturated heterocycles. The van der Waals surface area contributed by atoms with Gasteiger partial charge in [0.05, 0.1) is 18.7 Å². The fourth-order valence-electron chi connectivity index (χ4n) is 2.64. The summed E-state index contributed by atoms with van der Waals surface area (Å²) in [6.07, 6.45) is -1.08. The molecule has 0 saturated carbocycles. The summed E-state index contributed by atoms with van der Waals surface area (Å²) < 4.78 is 10.4. The molecule has 0 unspecified atom stereocenters. The number of carbonyl (C=O) groups is 3. The topological polar surface area (TPSA) is 118 Å². The third-order valence-electron chi connectivity index (χ3n) is 4.50. The van der Waals surface area contributed by atoms with Gasteiger partial charge in [-0.3, -0.25) is 9.59 Å². The number of anilines is 1. The van der Waals surface area contributed by atoms with Crippen LogP contribution in [-0.4, -0.2) is 37.0 Å². The van der Waals surface area contributed by atoms with Crippen LogP contribution in [0, 0.1) is 17.2 Å². The first-order chi connectivity index (χ1) is 14.7.